The van der Waals surface area contributed by atoms with Crippen molar-refractivity contribution in [1.29, 1.82) is 0 Å². The monoisotopic (exact) mass is 356 g/mol. The van der Waals surface area contributed by atoms with Crippen LogP contribution in [-0.4, -0.2) is 66.6 Å². The average molecular weight is 356 g/mol. The molecule has 0 aromatic carbocycles. The maximum absolute atomic E-state index is 14.4. The smallest absolute Gasteiger partial charge is 0.282 e. The van der Waals surface area contributed by atoms with Gasteiger partial charge in [0.05, 0.1) is 6.61 Å². The normalized spacial score (nSPS) is 26.5. The Morgan fingerprint density at radius 3 is 2.92 bits per heavy atom. The number of aliphatic hydroxyl groups excluding tert-OH is 1. The van der Waals surface area contributed by atoms with Gasteiger partial charge < -0.3 is 14.9 Å². The van der Waals surface area contributed by atoms with Gasteiger partial charge in [0.15, 0.2) is 17.3 Å². The van der Waals surface area contributed by atoms with E-state index in [4.69, 9.17) is 9.84 Å². The first-order chi connectivity index (χ1) is 11.8. The SMILES string of the molecule is CC(C)C(=O)Nc1nc2c(nnn2[C@@]2(O)CO[C@H](CO)[C@H]2F)c(=O)[nH]1. The van der Waals surface area contributed by atoms with E-state index in [9.17, 15) is 19.1 Å². The number of ether oxygens (including phenoxy) is 1. The molecule has 1 fully saturated rings. The predicted octanol–water partition coefficient (Wildman–Crippen LogP) is -1.52. The summed E-state index contributed by atoms with van der Waals surface area (Å²) in [6, 6.07) is 0. The van der Waals surface area contributed by atoms with Crippen LogP contribution in [0.3, 0.4) is 0 Å². The summed E-state index contributed by atoms with van der Waals surface area (Å²) in [5, 5.41) is 29.3. The number of anilines is 1. The molecule has 4 N–H and O–H groups in total. The molecule has 0 spiro atoms. The van der Waals surface area contributed by atoms with Gasteiger partial charge in [0.25, 0.3) is 5.56 Å². The Bertz CT molecular complexity index is 866. The number of amides is 1. The van der Waals surface area contributed by atoms with Crippen LogP contribution in [0.25, 0.3) is 11.2 Å². The zero-order valence-electron chi connectivity index (χ0n) is 13.4. The molecule has 2 aromatic heterocycles. The number of carbonyl (C=O) groups excluding carboxylic acids is 1. The molecule has 0 radical (unpaired) electrons. The maximum atomic E-state index is 14.4. The second kappa shape index (κ2) is 6.13. The largest absolute Gasteiger partial charge is 0.394 e. The van der Waals surface area contributed by atoms with Crippen LogP contribution in [0.1, 0.15) is 13.8 Å². The van der Waals surface area contributed by atoms with Gasteiger partial charge in [-0.15, -0.1) is 5.10 Å². The molecule has 25 heavy (non-hydrogen) atoms. The van der Waals surface area contributed by atoms with Crippen LogP contribution in [0.2, 0.25) is 0 Å². The van der Waals surface area contributed by atoms with Crippen molar-refractivity contribution in [3.05, 3.63) is 10.4 Å². The number of alkyl halides is 1. The summed E-state index contributed by atoms with van der Waals surface area (Å²) in [5.74, 6) is -0.943. The van der Waals surface area contributed by atoms with E-state index < -0.39 is 42.7 Å². The average Bonchev–Trinajstić information content (AvgIpc) is 3.11. The lowest BCUT2D eigenvalue weighted by molar-refractivity contribution is -0.118. The Labute approximate surface area is 139 Å². The number of H-pyrrole nitrogens is 1. The quantitative estimate of drug-likeness (QED) is 0.515. The number of carbonyl (C=O) groups is 1. The lowest BCUT2D eigenvalue weighted by Gasteiger charge is -2.24. The number of hydrogen-bond donors (Lipinski definition) is 4. The van der Waals surface area contributed by atoms with Crippen LogP contribution in [0.5, 0.6) is 0 Å². The first-order valence-electron chi connectivity index (χ1n) is 7.54. The van der Waals surface area contributed by atoms with E-state index in [2.05, 4.69) is 25.6 Å². The van der Waals surface area contributed by atoms with Crippen LogP contribution in [0, 0.1) is 5.92 Å². The second-order valence-corrected chi connectivity index (χ2v) is 6.04. The van der Waals surface area contributed by atoms with Crippen molar-refractivity contribution in [3.63, 3.8) is 0 Å². The fourth-order valence-electron chi connectivity index (χ4n) is 2.42. The summed E-state index contributed by atoms with van der Waals surface area (Å²) < 4.78 is 20.2. The summed E-state index contributed by atoms with van der Waals surface area (Å²) in [6.45, 7) is 2.15. The first-order valence-corrected chi connectivity index (χ1v) is 7.54. The van der Waals surface area contributed by atoms with Gasteiger partial charge in [0, 0.05) is 5.92 Å². The van der Waals surface area contributed by atoms with Crippen molar-refractivity contribution in [2.75, 3.05) is 18.5 Å². The Morgan fingerprint density at radius 1 is 1.60 bits per heavy atom. The molecule has 1 aliphatic heterocycles. The number of aromatic amines is 1. The molecule has 11 nitrogen and oxygen atoms in total. The van der Waals surface area contributed by atoms with Gasteiger partial charge in [0.2, 0.25) is 17.6 Å². The second-order valence-electron chi connectivity index (χ2n) is 6.04. The van der Waals surface area contributed by atoms with E-state index >= 15 is 0 Å². The highest BCUT2D eigenvalue weighted by Crippen LogP contribution is 2.32. The van der Waals surface area contributed by atoms with Gasteiger partial charge in [-0.1, -0.05) is 19.1 Å². The molecule has 3 heterocycles. The number of halogens is 1. The highest BCUT2D eigenvalue weighted by atomic mass is 19.1. The molecule has 0 bridgehead atoms. The van der Waals surface area contributed by atoms with Crippen molar-refractivity contribution in [3.8, 4) is 0 Å². The fraction of sp³-hybridized carbons (Fsp3) is 0.615. The number of rotatable bonds is 4. The minimum atomic E-state index is -2.29. The molecule has 0 unspecified atom stereocenters. The molecule has 0 saturated carbocycles. The third kappa shape index (κ3) is 2.77. The van der Waals surface area contributed by atoms with Gasteiger partial charge in [-0.05, 0) is 0 Å². The van der Waals surface area contributed by atoms with Gasteiger partial charge in [-0.25, -0.2) is 4.39 Å². The van der Waals surface area contributed by atoms with E-state index in [0.717, 1.165) is 4.68 Å². The Morgan fingerprint density at radius 2 is 2.32 bits per heavy atom. The van der Waals surface area contributed by atoms with Crippen molar-refractivity contribution in [2.45, 2.75) is 31.8 Å². The van der Waals surface area contributed by atoms with Crippen molar-refractivity contribution in [1.82, 2.24) is 25.0 Å². The standard InChI is InChI=1S/C13H17FN6O5/c1-5(2)10(22)16-12-15-9-7(11(23)17-12)18-19-20(9)13(24)4-25-6(3-21)8(13)14/h5-6,8,21,24H,3-4H2,1-2H3,(H2,15,16,17,22,23)/t6-,8-,13-/m1/s1. The van der Waals surface area contributed by atoms with E-state index in [1.54, 1.807) is 13.8 Å². The first kappa shape index (κ1) is 17.4. The van der Waals surface area contributed by atoms with Crippen molar-refractivity contribution < 1.29 is 24.1 Å². The van der Waals surface area contributed by atoms with Gasteiger partial charge in [-0.2, -0.15) is 9.67 Å². The van der Waals surface area contributed by atoms with Gasteiger partial charge >= 0.3 is 0 Å². The number of aromatic nitrogens is 5. The zero-order valence-corrected chi connectivity index (χ0v) is 13.4. The van der Waals surface area contributed by atoms with Crippen LogP contribution < -0.4 is 10.9 Å². The molecule has 0 aliphatic carbocycles. The zero-order chi connectivity index (χ0) is 18.4. The van der Waals surface area contributed by atoms with E-state index in [-0.39, 0.29) is 23.0 Å². The Kier molecular flexibility index (Phi) is 4.26. The number of hydrogen-bond acceptors (Lipinski definition) is 8. The predicted molar refractivity (Wildman–Crippen MR) is 81.3 cm³/mol. The maximum Gasteiger partial charge on any atom is 0.282 e. The van der Waals surface area contributed by atoms with E-state index in [1.165, 1.54) is 0 Å². The van der Waals surface area contributed by atoms with Crippen molar-refractivity contribution >= 4 is 23.0 Å². The number of nitrogens with zero attached hydrogens (tertiary/aromatic N) is 4. The molecule has 3 atom stereocenters. The lowest BCUT2D eigenvalue weighted by atomic mass is 10.1. The summed E-state index contributed by atoms with van der Waals surface area (Å²) in [7, 11) is 0. The molecule has 1 amide bonds. The number of nitrogens with one attached hydrogen (secondary N) is 2. The van der Waals surface area contributed by atoms with Gasteiger partial charge in [-0.3, -0.25) is 19.9 Å². The minimum Gasteiger partial charge on any atom is -0.394 e. The third-order valence-corrected chi connectivity index (χ3v) is 3.90. The number of aliphatic hydroxyl groups is 2. The topological polar surface area (TPSA) is 155 Å². The summed E-state index contributed by atoms with van der Waals surface area (Å²) in [5.41, 5.74) is -3.47. The molecule has 1 saturated heterocycles. The molecule has 3 rings (SSSR count). The van der Waals surface area contributed by atoms with Crippen LogP contribution >= 0.6 is 0 Å². The van der Waals surface area contributed by atoms with Crippen LogP contribution in [-0.2, 0) is 15.3 Å². The molecule has 136 valence electrons. The van der Waals surface area contributed by atoms with E-state index in [0.29, 0.717) is 0 Å². The summed E-state index contributed by atoms with van der Waals surface area (Å²) in [4.78, 5) is 30.2. The van der Waals surface area contributed by atoms with Gasteiger partial charge in [0.1, 0.15) is 12.7 Å². The third-order valence-electron chi connectivity index (χ3n) is 3.90. The highest BCUT2D eigenvalue weighted by Gasteiger charge is 2.52. The summed E-state index contributed by atoms with van der Waals surface area (Å²) >= 11 is 0. The fourth-order valence-corrected chi connectivity index (χ4v) is 2.42. The molecular weight excluding hydrogens is 339 g/mol. The summed E-state index contributed by atoms with van der Waals surface area (Å²) in [6.07, 6.45) is -3.26. The van der Waals surface area contributed by atoms with Crippen LogP contribution in [0.4, 0.5) is 10.3 Å². The highest BCUT2D eigenvalue weighted by molar-refractivity contribution is 5.90. The van der Waals surface area contributed by atoms with Crippen molar-refractivity contribution in [2.24, 2.45) is 5.92 Å². The Hall–Kier alpha value is -2.44. The van der Waals surface area contributed by atoms with Crippen LogP contribution in [0.15, 0.2) is 4.79 Å². The molecule has 12 heteroatoms. The molecular formula is C13H17FN6O5. The van der Waals surface area contributed by atoms with E-state index in [1.807, 2.05) is 0 Å². The number of fused-ring (bicyclic) bond motifs is 1. The Balaban J connectivity index is 2.07. The lowest BCUT2D eigenvalue weighted by Crippen LogP contribution is -2.45. The molecule has 2 aromatic rings. The minimum absolute atomic E-state index is 0.184. The molecule has 1 aliphatic rings.